The molecule has 0 spiro atoms. The van der Waals surface area contributed by atoms with E-state index >= 15 is 0 Å². The van der Waals surface area contributed by atoms with Crippen molar-refractivity contribution in [2.24, 2.45) is 11.7 Å². The maximum Gasteiger partial charge on any atom is 0.146 e. The van der Waals surface area contributed by atoms with Crippen LogP contribution in [0.1, 0.15) is 31.9 Å². The van der Waals surface area contributed by atoms with Gasteiger partial charge in [-0.2, -0.15) is 0 Å². The molecular formula is C14H21FN2O. The predicted molar refractivity (Wildman–Crippen MR) is 71.0 cm³/mol. The number of aliphatic hydroxyl groups excluding tert-OH is 1. The van der Waals surface area contributed by atoms with Crippen molar-refractivity contribution < 1.29 is 9.50 Å². The van der Waals surface area contributed by atoms with E-state index in [0.29, 0.717) is 11.6 Å². The summed E-state index contributed by atoms with van der Waals surface area (Å²) in [5.74, 6) is 0.118. The quantitative estimate of drug-likeness (QED) is 0.865. The fourth-order valence-electron chi connectivity index (χ4n) is 2.77. The highest BCUT2D eigenvalue weighted by Crippen LogP contribution is 2.35. The molecule has 3 N–H and O–H groups in total. The molecule has 0 radical (unpaired) electrons. The number of anilines is 1. The van der Waals surface area contributed by atoms with E-state index in [2.05, 4.69) is 6.92 Å². The lowest BCUT2D eigenvalue weighted by molar-refractivity contribution is 0.244. The third-order valence-electron chi connectivity index (χ3n) is 3.87. The molecule has 3 atom stereocenters. The van der Waals surface area contributed by atoms with Crippen LogP contribution >= 0.6 is 0 Å². The number of nitrogens with zero attached hydrogens (tertiary/aromatic N) is 1. The summed E-state index contributed by atoms with van der Waals surface area (Å²) >= 11 is 0. The molecule has 1 aromatic rings. The first-order chi connectivity index (χ1) is 8.56. The fourth-order valence-corrected chi connectivity index (χ4v) is 2.77. The molecule has 0 saturated carbocycles. The standard InChI is InChI=1S/C14H21FN2O/c1-9-6-7-17(13(9)8-18)14-11(10(2)16)4-3-5-12(14)15/h3-5,9-10,13,18H,6-8,16H2,1-2H3/t9?,10-,13?/m1/s1. The van der Waals surface area contributed by atoms with Gasteiger partial charge in [0.25, 0.3) is 0 Å². The number of hydrogen-bond donors (Lipinski definition) is 2. The van der Waals surface area contributed by atoms with Gasteiger partial charge < -0.3 is 15.7 Å². The molecule has 1 aliphatic rings. The Morgan fingerprint density at radius 1 is 1.56 bits per heavy atom. The van der Waals surface area contributed by atoms with E-state index in [1.165, 1.54) is 6.07 Å². The van der Waals surface area contributed by atoms with E-state index in [1.807, 2.05) is 17.9 Å². The van der Waals surface area contributed by atoms with Crippen molar-refractivity contribution in [2.75, 3.05) is 18.1 Å². The lowest BCUT2D eigenvalue weighted by atomic mass is 10.0. The highest BCUT2D eigenvalue weighted by Gasteiger charge is 2.33. The molecule has 1 aliphatic heterocycles. The van der Waals surface area contributed by atoms with Crippen LogP contribution in [0.4, 0.5) is 10.1 Å². The van der Waals surface area contributed by atoms with Crippen LogP contribution in [-0.2, 0) is 0 Å². The SMILES string of the molecule is CC1CCN(c2c(F)cccc2[C@@H](C)N)C1CO. The Hall–Kier alpha value is -1.13. The average Bonchev–Trinajstić information content (AvgIpc) is 2.69. The number of halogens is 1. The second-order valence-electron chi connectivity index (χ2n) is 5.18. The molecule has 0 aromatic heterocycles. The number of aliphatic hydroxyl groups is 1. The van der Waals surface area contributed by atoms with Crippen molar-refractivity contribution in [3.8, 4) is 0 Å². The maximum absolute atomic E-state index is 14.1. The molecule has 1 saturated heterocycles. The Morgan fingerprint density at radius 2 is 2.28 bits per heavy atom. The zero-order valence-corrected chi connectivity index (χ0v) is 10.9. The first-order valence-corrected chi connectivity index (χ1v) is 6.47. The number of para-hydroxylation sites is 1. The van der Waals surface area contributed by atoms with E-state index in [9.17, 15) is 9.50 Å². The Morgan fingerprint density at radius 3 is 2.89 bits per heavy atom. The lowest BCUT2D eigenvalue weighted by Gasteiger charge is -2.30. The molecule has 100 valence electrons. The lowest BCUT2D eigenvalue weighted by Crippen LogP contribution is -2.36. The van der Waals surface area contributed by atoms with Gasteiger partial charge in [0.1, 0.15) is 5.82 Å². The van der Waals surface area contributed by atoms with Crippen molar-refractivity contribution in [3.05, 3.63) is 29.6 Å². The third kappa shape index (κ3) is 2.22. The summed E-state index contributed by atoms with van der Waals surface area (Å²) in [6, 6.07) is 4.77. The van der Waals surface area contributed by atoms with Crippen molar-refractivity contribution in [2.45, 2.75) is 32.4 Å². The minimum atomic E-state index is -0.252. The van der Waals surface area contributed by atoms with Crippen LogP contribution in [0.15, 0.2) is 18.2 Å². The molecule has 1 heterocycles. The molecule has 18 heavy (non-hydrogen) atoms. The second-order valence-corrected chi connectivity index (χ2v) is 5.18. The molecule has 2 rings (SSSR count). The van der Waals surface area contributed by atoms with Gasteiger partial charge in [-0.1, -0.05) is 19.1 Å². The van der Waals surface area contributed by atoms with E-state index in [-0.39, 0.29) is 24.5 Å². The molecule has 0 aliphatic carbocycles. The number of benzene rings is 1. The summed E-state index contributed by atoms with van der Waals surface area (Å²) in [4.78, 5) is 1.97. The first kappa shape index (κ1) is 13.3. The predicted octanol–water partition coefficient (Wildman–Crippen LogP) is 2.05. The zero-order valence-electron chi connectivity index (χ0n) is 10.9. The smallest absolute Gasteiger partial charge is 0.146 e. The number of rotatable bonds is 3. The van der Waals surface area contributed by atoms with E-state index in [1.54, 1.807) is 6.07 Å². The zero-order chi connectivity index (χ0) is 13.3. The molecule has 0 amide bonds. The van der Waals surface area contributed by atoms with Crippen LogP contribution in [0.25, 0.3) is 0 Å². The normalized spacial score (nSPS) is 25.5. The van der Waals surface area contributed by atoms with Crippen LogP contribution in [0, 0.1) is 11.7 Å². The highest BCUT2D eigenvalue weighted by molar-refractivity contribution is 5.57. The minimum Gasteiger partial charge on any atom is -0.394 e. The first-order valence-electron chi connectivity index (χ1n) is 6.47. The minimum absolute atomic E-state index is 0.0144. The average molecular weight is 252 g/mol. The summed E-state index contributed by atoms with van der Waals surface area (Å²) in [5.41, 5.74) is 7.29. The molecular weight excluding hydrogens is 231 g/mol. The van der Waals surface area contributed by atoms with Crippen LogP contribution < -0.4 is 10.6 Å². The highest BCUT2D eigenvalue weighted by atomic mass is 19.1. The van der Waals surface area contributed by atoms with E-state index in [0.717, 1.165) is 18.5 Å². The monoisotopic (exact) mass is 252 g/mol. The second kappa shape index (κ2) is 5.24. The van der Waals surface area contributed by atoms with E-state index < -0.39 is 0 Å². The van der Waals surface area contributed by atoms with Gasteiger partial charge in [-0.25, -0.2) is 4.39 Å². The van der Waals surface area contributed by atoms with Gasteiger partial charge >= 0.3 is 0 Å². The van der Waals surface area contributed by atoms with Gasteiger partial charge in [-0.05, 0) is 30.9 Å². The Kier molecular flexibility index (Phi) is 3.88. The molecule has 2 unspecified atom stereocenters. The Bertz CT molecular complexity index is 422. The van der Waals surface area contributed by atoms with Gasteiger partial charge in [0.2, 0.25) is 0 Å². The largest absolute Gasteiger partial charge is 0.394 e. The Balaban J connectivity index is 2.44. The number of nitrogens with two attached hydrogens (primary N) is 1. The molecule has 1 fully saturated rings. The van der Waals surface area contributed by atoms with Gasteiger partial charge in [0.15, 0.2) is 0 Å². The van der Waals surface area contributed by atoms with Crippen LogP contribution in [0.2, 0.25) is 0 Å². The van der Waals surface area contributed by atoms with Gasteiger partial charge in [-0.15, -0.1) is 0 Å². The third-order valence-corrected chi connectivity index (χ3v) is 3.87. The molecule has 1 aromatic carbocycles. The summed E-state index contributed by atoms with van der Waals surface area (Å²) in [5, 5.41) is 9.49. The molecule has 4 heteroatoms. The van der Waals surface area contributed by atoms with Gasteiger partial charge in [0, 0.05) is 12.6 Å². The van der Waals surface area contributed by atoms with Crippen molar-refractivity contribution >= 4 is 5.69 Å². The summed E-state index contributed by atoms with van der Waals surface area (Å²) < 4.78 is 14.1. The topological polar surface area (TPSA) is 49.5 Å². The van der Waals surface area contributed by atoms with E-state index in [4.69, 9.17) is 5.73 Å². The molecule has 0 bridgehead atoms. The summed E-state index contributed by atoms with van der Waals surface area (Å²) in [6.45, 7) is 4.76. The number of hydrogen-bond acceptors (Lipinski definition) is 3. The molecule has 3 nitrogen and oxygen atoms in total. The van der Waals surface area contributed by atoms with Gasteiger partial charge in [0.05, 0.1) is 18.3 Å². The van der Waals surface area contributed by atoms with Crippen LogP contribution in [0.3, 0.4) is 0 Å². The van der Waals surface area contributed by atoms with Crippen LogP contribution in [-0.4, -0.2) is 24.3 Å². The van der Waals surface area contributed by atoms with Gasteiger partial charge in [-0.3, -0.25) is 0 Å². The maximum atomic E-state index is 14.1. The Labute approximate surface area is 107 Å². The van der Waals surface area contributed by atoms with Crippen molar-refractivity contribution in [1.82, 2.24) is 0 Å². The van der Waals surface area contributed by atoms with Crippen molar-refractivity contribution in [3.63, 3.8) is 0 Å². The fraction of sp³-hybridized carbons (Fsp3) is 0.571. The van der Waals surface area contributed by atoms with Crippen LogP contribution in [0.5, 0.6) is 0 Å². The summed E-state index contributed by atoms with van der Waals surface area (Å²) in [7, 11) is 0. The summed E-state index contributed by atoms with van der Waals surface area (Å²) in [6.07, 6.45) is 0.970. The van der Waals surface area contributed by atoms with Crippen molar-refractivity contribution in [1.29, 1.82) is 0 Å².